The van der Waals surface area contributed by atoms with Crippen LogP contribution in [0.3, 0.4) is 0 Å². The molecule has 0 aliphatic carbocycles. The maximum Gasteiger partial charge on any atom is 0.407 e. The minimum Gasteiger partial charge on any atom is -0.493 e. The molecule has 6 heteroatoms. The van der Waals surface area contributed by atoms with Crippen LogP contribution in [0.25, 0.3) is 0 Å². The molecular weight excluding hydrogens is 358 g/mol. The average Bonchev–Trinajstić information content (AvgIpc) is 2.67. The van der Waals surface area contributed by atoms with Gasteiger partial charge in [-0.3, -0.25) is 0 Å². The minimum absolute atomic E-state index is 0.00916. The van der Waals surface area contributed by atoms with Gasteiger partial charge in [-0.15, -0.1) is 0 Å². The molecule has 2 saturated heterocycles. The number of carbonyl (C=O) groups is 1. The highest BCUT2D eigenvalue weighted by atomic mass is 16.6. The van der Waals surface area contributed by atoms with Crippen molar-refractivity contribution in [2.24, 2.45) is 5.92 Å². The molecule has 2 heterocycles. The van der Waals surface area contributed by atoms with Gasteiger partial charge in [-0.1, -0.05) is 12.1 Å². The van der Waals surface area contributed by atoms with E-state index in [2.05, 4.69) is 17.4 Å². The average molecular weight is 392 g/mol. The van der Waals surface area contributed by atoms with Gasteiger partial charge in [0.25, 0.3) is 0 Å². The second kappa shape index (κ2) is 9.61. The monoisotopic (exact) mass is 391 g/mol. The molecule has 6 nitrogen and oxygen atoms in total. The summed E-state index contributed by atoms with van der Waals surface area (Å²) < 4.78 is 22.4. The molecule has 0 radical (unpaired) electrons. The fraction of sp³-hybridized carbons (Fsp3) is 0.682. The van der Waals surface area contributed by atoms with Crippen LogP contribution in [0.1, 0.15) is 51.5 Å². The lowest BCUT2D eigenvalue weighted by atomic mass is 9.92. The number of benzene rings is 1. The summed E-state index contributed by atoms with van der Waals surface area (Å²) in [5.41, 5.74) is 0.842. The van der Waals surface area contributed by atoms with E-state index in [0.29, 0.717) is 25.7 Å². The summed E-state index contributed by atoms with van der Waals surface area (Å²) in [5, 5.41) is 2.98. The molecule has 2 fully saturated rings. The number of alkyl carbamates (subject to hydrolysis) is 1. The maximum absolute atomic E-state index is 12.1. The first-order valence-electron chi connectivity index (χ1n) is 10.3. The molecule has 1 aromatic carbocycles. The van der Waals surface area contributed by atoms with E-state index >= 15 is 0 Å². The zero-order valence-electron chi connectivity index (χ0n) is 17.2. The largest absolute Gasteiger partial charge is 0.493 e. The summed E-state index contributed by atoms with van der Waals surface area (Å²) in [7, 11) is 0. The maximum atomic E-state index is 12.1. The highest BCUT2D eigenvalue weighted by molar-refractivity contribution is 5.68. The van der Waals surface area contributed by atoms with E-state index in [-0.39, 0.29) is 18.1 Å². The van der Waals surface area contributed by atoms with Crippen molar-refractivity contribution in [2.45, 2.75) is 57.6 Å². The van der Waals surface area contributed by atoms with Gasteiger partial charge in [0, 0.05) is 31.8 Å². The summed E-state index contributed by atoms with van der Waals surface area (Å²) in [6.07, 6.45) is 2.54. The number of amides is 1. The molecule has 0 unspecified atom stereocenters. The van der Waals surface area contributed by atoms with Gasteiger partial charge >= 0.3 is 6.09 Å². The number of nitrogens with one attached hydrogen (secondary N) is 1. The van der Waals surface area contributed by atoms with Crippen LogP contribution in [0.2, 0.25) is 0 Å². The Hall–Kier alpha value is -1.79. The first-order chi connectivity index (χ1) is 13.4. The van der Waals surface area contributed by atoms with Crippen LogP contribution in [0.5, 0.6) is 5.75 Å². The van der Waals surface area contributed by atoms with Gasteiger partial charge in [-0.2, -0.15) is 0 Å². The summed E-state index contributed by atoms with van der Waals surface area (Å²) in [6.45, 7) is 8.98. The third-order valence-electron chi connectivity index (χ3n) is 5.21. The summed E-state index contributed by atoms with van der Waals surface area (Å²) >= 11 is 0. The lowest BCUT2D eigenvalue weighted by Gasteiger charge is -2.32. The van der Waals surface area contributed by atoms with Gasteiger partial charge in [-0.25, -0.2) is 4.79 Å². The van der Waals surface area contributed by atoms with Crippen LogP contribution in [-0.4, -0.2) is 50.8 Å². The highest BCUT2D eigenvalue weighted by Crippen LogP contribution is 2.28. The molecule has 28 heavy (non-hydrogen) atoms. The SMILES string of the molecule is CC(C)(C)OC(=O)N[C@H]1CCOC[C@@H]1COc1ccc(C2CCOCC2)cc1. The van der Waals surface area contributed by atoms with E-state index in [9.17, 15) is 4.79 Å². The molecular formula is C22H33NO5. The van der Waals surface area contributed by atoms with Gasteiger partial charge in [0.05, 0.1) is 13.2 Å². The van der Waals surface area contributed by atoms with E-state index in [1.807, 2.05) is 32.9 Å². The van der Waals surface area contributed by atoms with Crippen molar-refractivity contribution in [1.82, 2.24) is 5.32 Å². The Morgan fingerprint density at radius 2 is 1.75 bits per heavy atom. The Morgan fingerprint density at radius 3 is 2.43 bits per heavy atom. The van der Waals surface area contributed by atoms with Gasteiger partial charge in [0.2, 0.25) is 0 Å². The number of rotatable bonds is 5. The lowest BCUT2D eigenvalue weighted by Crippen LogP contribution is -2.48. The van der Waals surface area contributed by atoms with Gasteiger partial charge in [0.15, 0.2) is 0 Å². The molecule has 1 aromatic rings. The van der Waals surface area contributed by atoms with Gasteiger partial charge in [0.1, 0.15) is 11.4 Å². The molecule has 3 rings (SSSR count). The zero-order valence-corrected chi connectivity index (χ0v) is 17.2. The minimum atomic E-state index is -0.506. The van der Waals surface area contributed by atoms with Crippen molar-refractivity contribution in [1.29, 1.82) is 0 Å². The van der Waals surface area contributed by atoms with Crippen molar-refractivity contribution in [3.63, 3.8) is 0 Å². The second-order valence-electron chi connectivity index (χ2n) is 8.64. The van der Waals surface area contributed by atoms with E-state index in [1.165, 1.54) is 5.56 Å². The van der Waals surface area contributed by atoms with E-state index < -0.39 is 5.60 Å². The van der Waals surface area contributed by atoms with E-state index in [0.717, 1.165) is 38.2 Å². The first-order valence-corrected chi connectivity index (χ1v) is 10.3. The molecule has 1 amide bonds. The molecule has 156 valence electrons. The molecule has 0 saturated carbocycles. The lowest BCUT2D eigenvalue weighted by molar-refractivity contribution is 0.00439. The van der Waals surface area contributed by atoms with E-state index in [4.69, 9.17) is 18.9 Å². The van der Waals surface area contributed by atoms with Crippen LogP contribution in [0.15, 0.2) is 24.3 Å². The highest BCUT2D eigenvalue weighted by Gasteiger charge is 2.29. The second-order valence-corrected chi connectivity index (χ2v) is 8.64. The predicted octanol–water partition coefficient (Wildman–Crippen LogP) is 3.89. The van der Waals surface area contributed by atoms with Crippen molar-refractivity contribution < 1.29 is 23.7 Å². The van der Waals surface area contributed by atoms with Crippen LogP contribution in [-0.2, 0) is 14.2 Å². The molecule has 2 aliphatic rings. The molecule has 1 N–H and O–H groups in total. The Kier molecular flexibility index (Phi) is 7.18. The standard InChI is InChI=1S/C22H33NO5/c1-22(2,3)28-21(24)23-20-10-13-26-14-18(20)15-27-19-6-4-16(5-7-19)17-8-11-25-12-9-17/h4-7,17-18,20H,8-15H2,1-3H3,(H,23,24)/t18-,20+/m1/s1. The van der Waals surface area contributed by atoms with Crippen LogP contribution in [0.4, 0.5) is 4.79 Å². The quantitative estimate of drug-likeness (QED) is 0.825. The summed E-state index contributed by atoms with van der Waals surface area (Å²) in [5.74, 6) is 1.52. The van der Waals surface area contributed by atoms with Crippen molar-refractivity contribution in [2.75, 3.05) is 33.0 Å². The van der Waals surface area contributed by atoms with Crippen molar-refractivity contribution in [3.05, 3.63) is 29.8 Å². The number of carbonyl (C=O) groups excluding carboxylic acids is 1. The van der Waals surface area contributed by atoms with Crippen molar-refractivity contribution >= 4 is 6.09 Å². The summed E-state index contributed by atoms with van der Waals surface area (Å²) in [6, 6.07) is 8.36. The van der Waals surface area contributed by atoms with Gasteiger partial charge in [-0.05, 0) is 63.6 Å². The third-order valence-corrected chi connectivity index (χ3v) is 5.21. The molecule has 0 spiro atoms. The smallest absolute Gasteiger partial charge is 0.407 e. The fourth-order valence-corrected chi connectivity index (χ4v) is 3.68. The summed E-state index contributed by atoms with van der Waals surface area (Å²) in [4.78, 5) is 12.1. The molecule has 0 bridgehead atoms. The first kappa shape index (κ1) is 20.9. The molecule has 2 aliphatic heterocycles. The number of hydrogen-bond donors (Lipinski definition) is 1. The Balaban J connectivity index is 1.50. The Labute approximate surface area is 167 Å². The normalized spacial score (nSPS) is 23.8. The third kappa shape index (κ3) is 6.38. The topological polar surface area (TPSA) is 66.0 Å². The van der Waals surface area contributed by atoms with E-state index in [1.54, 1.807) is 0 Å². The molecule has 0 aromatic heterocycles. The van der Waals surface area contributed by atoms with Crippen LogP contribution >= 0.6 is 0 Å². The Morgan fingerprint density at radius 1 is 1.07 bits per heavy atom. The Bertz CT molecular complexity index is 619. The van der Waals surface area contributed by atoms with Crippen LogP contribution < -0.4 is 10.1 Å². The van der Waals surface area contributed by atoms with Crippen LogP contribution in [0, 0.1) is 5.92 Å². The number of ether oxygens (including phenoxy) is 4. The molecule has 2 atom stereocenters. The van der Waals surface area contributed by atoms with Gasteiger partial charge < -0.3 is 24.3 Å². The fourth-order valence-electron chi connectivity index (χ4n) is 3.68. The predicted molar refractivity (Wildman–Crippen MR) is 107 cm³/mol. The number of hydrogen-bond acceptors (Lipinski definition) is 5. The zero-order chi connectivity index (χ0) is 20.0. The van der Waals surface area contributed by atoms with Crippen molar-refractivity contribution in [3.8, 4) is 5.75 Å².